The van der Waals surface area contributed by atoms with Crippen molar-refractivity contribution in [1.82, 2.24) is 0 Å². The Bertz CT molecular complexity index is 422. The first kappa shape index (κ1) is 15.1. The summed E-state index contributed by atoms with van der Waals surface area (Å²) in [7, 11) is 0. The summed E-state index contributed by atoms with van der Waals surface area (Å²) < 4.78 is 5.69. The van der Waals surface area contributed by atoms with Crippen molar-refractivity contribution in [3.63, 3.8) is 0 Å². The number of hydrogen-bond donors (Lipinski definition) is 1. The van der Waals surface area contributed by atoms with Crippen LogP contribution in [-0.2, 0) is 0 Å². The smallest absolute Gasteiger partial charge is 0.119 e. The van der Waals surface area contributed by atoms with Gasteiger partial charge in [0.05, 0.1) is 12.6 Å². The van der Waals surface area contributed by atoms with Gasteiger partial charge in [-0.25, -0.2) is 0 Å². The first-order valence-electron chi connectivity index (χ1n) is 7.98. The molecule has 0 amide bonds. The summed E-state index contributed by atoms with van der Waals surface area (Å²) in [6, 6.07) is 8.36. The van der Waals surface area contributed by atoms with Crippen LogP contribution in [0.2, 0.25) is 0 Å². The highest BCUT2D eigenvalue weighted by molar-refractivity contribution is 5.33. The molecule has 0 bridgehead atoms. The summed E-state index contributed by atoms with van der Waals surface area (Å²) in [6.45, 7) is 2.97. The SMILES string of the molecule is CCCCOc1ccc(C(N)C2=CCCCCC2)cc1. The van der Waals surface area contributed by atoms with E-state index in [-0.39, 0.29) is 6.04 Å². The number of benzene rings is 1. The zero-order valence-electron chi connectivity index (χ0n) is 12.6. The molecule has 1 aromatic rings. The van der Waals surface area contributed by atoms with E-state index in [9.17, 15) is 0 Å². The Hall–Kier alpha value is -1.28. The van der Waals surface area contributed by atoms with Crippen LogP contribution in [0, 0.1) is 0 Å². The Balaban J connectivity index is 1.96. The van der Waals surface area contributed by atoms with Crippen molar-refractivity contribution >= 4 is 0 Å². The predicted molar refractivity (Wildman–Crippen MR) is 84.9 cm³/mol. The van der Waals surface area contributed by atoms with E-state index in [0.29, 0.717) is 0 Å². The second-order valence-electron chi connectivity index (χ2n) is 5.63. The van der Waals surface area contributed by atoms with Gasteiger partial charge in [-0.05, 0) is 49.8 Å². The summed E-state index contributed by atoms with van der Waals surface area (Å²) >= 11 is 0. The lowest BCUT2D eigenvalue weighted by Gasteiger charge is -2.16. The number of hydrogen-bond acceptors (Lipinski definition) is 2. The molecule has 0 aliphatic heterocycles. The van der Waals surface area contributed by atoms with Crippen LogP contribution in [0.15, 0.2) is 35.9 Å². The first-order valence-corrected chi connectivity index (χ1v) is 7.98. The van der Waals surface area contributed by atoms with Gasteiger partial charge in [0.1, 0.15) is 5.75 Å². The number of rotatable bonds is 6. The van der Waals surface area contributed by atoms with Gasteiger partial charge in [0.2, 0.25) is 0 Å². The Morgan fingerprint density at radius 1 is 1.15 bits per heavy atom. The Morgan fingerprint density at radius 2 is 1.95 bits per heavy atom. The van der Waals surface area contributed by atoms with E-state index < -0.39 is 0 Å². The molecule has 0 heterocycles. The summed E-state index contributed by atoms with van der Waals surface area (Å²) in [6.07, 6.45) is 10.9. The van der Waals surface area contributed by atoms with Crippen LogP contribution in [-0.4, -0.2) is 6.61 Å². The van der Waals surface area contributed by atoms with Gasteiger partial charge in [0, 0.05) is 0 Å². The van der Waals surface area contributed by atoms with E-state index >= 15 is 0 Å². The van der Waals surface area contributed by atoms with Crippen LogP contribution in [0.3, 0.4) is 0 Å². The van der Waals surface area contributed by atoms with Crippen LogP contribution in [0.1, 0.15) is 63.5 Å². The number of allylic oxidation sites excluding steroid dienone is 1. The lowest BCUT2D eigenvalue weighted by molar-refractivity contribution is 0.309. The third kappa shape index (κ3) is 4.38. The minimum absolute atomic E-state index is 0.0535. The fraction of sp³-hybridized carbons (Fsp3) is 0.556. The van der Waals surface area contributed by atoms with E-state index in [1.165, 1.54) is 36.8 Å². The largest absolute Gasteiger partial charge is 0.494 e. The van der Waals surface area contributed by atoms with Crippen LogP contribution in [0.5, 0.6) is 5.75 Å². The summed E-state index contributed by atoms with van der Waals surface area (Å²) in [5, 5.41) is 0. The highest BCUT2D eigenvalue weighted by atomic mass is 16.5. The molecule has 1 atom stereocenters. The minimum atomic E-state index is 0.0535. The van der Waals surface area contributed by atoms with Crippen LogP contribution >= 0.6 is 0 Å². The second-order valence-corrected chi connectivity index (χ2v) is 5.63. The maximum atomic E-state index is 6.40. The highest BCUT2D eigenvalue weighted by Gasteiger charge is 2.13. The molecule has 1 aliphatic carbocycles. The molecule has 1 aliphatic rings. The zero-order chi connectivity index (χ0) is 14.2. The maximum absolute atomic E-state index is 6.40. The minimum Gasteiger partial charge on any atom is -0.494 e. The van der Waals surface area contributed by atoms with Crippen molar-refractivity contribution in [2.45, 2.75) is 57.9 Å². The van der Waals surface area contributed by atoms with Crippen molar-refractivity contribution in [2.75, 3.05) is 6.61 Å². The Kier molecular flexibility index (Phi) is 6.13. The van der Waals surface area contributed by atoms with E-state index in [1.54, 1.807) is 0 Å². The molecule has 1 aromatic carbocycles. The normalized spacial score (nSPS) is 17.2. The third-order valence-corrected chi connectivity index (χ3v) is 3.98. The standard InChI is InChI=1S/C18H27NO/c1-2-3-14-20-17-12-10-16(11-13-17)18(19)15-8-6-4-5-7-9-15/h8,10-13,18H,2-7,9,14,19H2,1H3. The average molecular weight is 273 g/mol. The third-order valence-electron chi connectivity index (χ3n) is 3.98. The van der Waals surface area contributed by atoms with Crippen LogP contribution < -0.4 is 10.5 Å². The summed E-state index contributed by atoms with van der Waals surface area (Å²) in [4.78, 5) is 0. The molecule has 0 spiro atoms. The molecule has 0 radical (unpaired) electrons. The van der Waals surface area contributed by atoms with Crippen molar-refractivity contribution in [1.29, 1.82) is 0 Å². The molecule has 110 valence electrons. The van der Waals surface area contributed by atoms with Gasteiger partial charge in [-0.15, -0.1) is 0 Å². The van der Waals surface area contributed by atoms with E-state index in [4.69, 9.17) is 10.5 Å². The van der Waals surface area contributed by atoms with Gasteiger partial charge in [-0.1, -0.05) is 43.5 Å². The molecule has 0 saturated carbocycles. The molecule has 2 heteroatoms. The molecular weight excluding hydrogens is 246 g/mol. The fourth-order valence-corrected chi connectivity index (χ4v) is 2.64. The second kappa shape index (κ2) is 8.11. The topological polar surface area (TPSA) is 35.2 Å². The van der Waals surface area contributed by atoms with Gasteiger partial charge < -0.3 is 10.5 Å². The molecule has 20 heavy (non-hydrogen) atoms. The molecule has 0 aromatic heterocycles. The molecule has 2 N–H and O–H groups in total. The highest BCUT2D eigenvalue weighted by Crippen LogP contribution is 2.28. The maximum Gasteiger partial charge on any atom is 0.119 e. The van der Waals surface area contributed by atoms with Crippen molar-refractivity contribution in [2.24, 2.45) is 5.73 Å². The van der Waals surface area contributed by atoms with E-state index in [1.807, 2.05) is 12.1 Å². The summed E-state index contributed by atoms with van der Waals surface area (Å²) in [5.74, 6) is 0.948. The molecule has 0 saturated heterocycles. The fourth-order valence-electron chi connectivity index (χ4n) is 2.64. The molecule has 0 fully saturated rings. The van der Waals surface area contributed by atoms with Crippen molar-refractivity contribution in [3.8, 4) is 5.75 Å². The number of ether oxygens (including phenoxy) is 1. The van der Waals surface area contributed by atoms with Gasteiger partial charge in [-0.2, -0.15) is 0 Å². The van der Waals surface area contributed by atoms with Crippen molar-refractivity contribution in [3.05, 3.63) is 41.5 Å². The Morgan fingerprint density at radius 3 is 2.70 bits per heavy atom. The monoisotopic (exact) mass is 273 g/mol. The number of unbranched alkanes of at least 4 members (excludes halogenated alkanes) is 1. The zero-order valence-corrected chi connectivity index (χ0v) is 12.6. The molecule has 1 unspecified atom stereocenters. The van der Waals surface area contributed by atoms with Gasteiger partial charge >= 0.3 is 0 Å². The van der Waals surface area contributed by atoms with Gasteiger partial charge in [0.15, 0.2) is 0 Å². The number of nitrogens with two attached hydrogens (primary N) is 1. The molecular formula is C18H27NO. The van der Waals surface area contributed by atoms with E-state index in [2.05, 4.69) is 25.1 Å². The summed E-state index contributed by atoms with van der Waals surface area (Å²) in [5.41, 5.74) is 9.00. The first-order chi connectivity index (χ1) is 9.81. The lowest BCUT2D eigenvalue weighted by Crippen LogP contribution is -2.13. The van der Waals surface area contributed by atoms with Crippen LogP contribution in [0.4, 0.5) is 0 Å². The molecule has 2 nitrogen and oxygen atoms in total. The van der Waals surface area contributed by atoms with Gasteiger partial charge in [0.25, 0.3) is 0 Å². The van der Waals surface area contributed by atoms with Crippen molar-refractivity contribution < 1.29 is 4.74 Å². The predicted octanol–water partition coefficient (Wildman–Crippen LogP) is 4.76. The van der Waals surface area contributed by atoms with Gasteiger partial charge in [-0.3, -0.25) is 0 Å². The Labute approximate surface area is 123 Å². The quantitative estimate of drug-likeness (QED) is 0.599. The average Bonchev–Trinajstić information content (AvgIpc) is 2.77. The van der Waals surface area contributed by atoms with E-state index in [0.717, 1.165) is 31.6 Å². The lowest BCUT2D eigenvalue weighted by atomic mass is 9.96. The molecule has 2 rings (SSSR count). The van der Waals surface area contributed by atoms with Crippen LogP contribution in [0.25, 0.3) is 0 Å².